The van der Waals surface area contributed by atoms with Crippen molar-refractivity contribution in [3.8, 4) is 0 Å². The van der Waals surface area contributed by atoms with Gasteiger partial charge in [0.1, 0.15) is 0 Å². The van der Waals surface area contributed by atoms with Crippen LogP contribution in [0.15, 0.2) is 42.5 Å². The number of anilines is 1. The second-order valence-electron chi connectivity index (χ2n) is 5.16. The minimum atomic E-state index is -0.0916. The smallest absolute Gasteiger partial charge is 0.255 e. The summed E-state index contributed by atoms with van der Waals surface area (Å²) < 4.78 is 5.37. The fourth-order valence-electron chi connectivity index (χ4n) is 2.43. The fraction of sp³-hybridized carbons (Fsp3) is 0.235. The first-order chi connectivity index (χ1) is 10.3. The summed E-state index contributed by atoms with van der Waals surface area (Å²) in [5.74, 6) is -0.0916. The van der Waals surface area contributed by atoms with E-state index >= 15 is 0 Å². The third-order valence-corrected chi connectivity index (χ3v) is 3.58. The van der Waals surface area contributed by atoms with Gasteiger partial charge < -0.3 is 15.4 Å². The van der Waals surface area contributed by atoms with Crippen LogP contribution in [0.5, 0.6) is 0 Å². The Morgan fingerprint density at radius 2 is 1.86 bits per heavy atom. The fourth-order valence-corrected chi connectivity index (χ4v) is 2.43. The maximum absolute atomic E-state index is 12.3. The number of carbonyl (C=O) groups excluding carboxylic acids is 1. The largest absolute Gasteiger partial charge is 0.372 e. The Morgan fingerprint density at radius 1 is 1.10 bits per heavy atom. The van der Waals surface area contributed by atoms with Crippen molar-refractivity contribution < 1.29 is 9.53 Å². The molecule has 2 aromatic carbocycles. The molecule has 1 heterocycles. The lowest BCUT2D eigenvalue weighted by molar-refractivity contribution is 0.102. The lowest BCUT2D eigenvalue weighted by Gasteiger charge is -2.07. The molecule has 3 rings (SSSR count). The molecule has 4 nitrogen and oxygen atoms in total. The van der Waals surface area contributed by atoms with E-state index < -0.39 is 0 Å². The molecule has 0 aromatic heterocycles. The Labute approximate surface area is 124 Å². The molecule has 1 aliphatic heterocycles. The number of fused-ring (bicyclic) bond motifs is 1. The Bertz CT molecular complexity index is 650. The van der Waals surface area contributed by atoms with Crippen molar-refractivity contribution in [2.75, 3.05) is 12.4 Å². The lowest BCUT2D eigenvalue weighted by atomic mass is 10.1. The second kappa shape index (κ2) is 6.08. The summed E-state index contributed by atoms with van der Waals surface area (Å²) in [5, 5.41) is 6.01. The van der Waals surface area contributed by atoms with E-state index in [0.717, 1.165) is 17.8 Å². The Balaban J connectivity index is 1.71. The first kappa shape index (κ1) is 13.8. The molecule has 2 aromatic rings. The molecule has 4 heteroatoms. The second-order valence-corrected chi connectivity index (χ2v) is 5.16. The molecule has 0 unspecified atom stereocenters. The highest BCUT2D eigenvalue weighted by molar-refractivity contribution is 6.04. The van der Waals surface area contributed by atoms with Crippen LogP contribution in [0.1, 0.15) is 27.0 Å². The SMILES string of the molecule is CNCc1ccc(NC(=O)c2ccc3c(c2)COC3)cc1. The molecule has 1 amide bonds. The topological polar surface area (TPSA) is 50.4 Å². The van der Waals surface area contributed by atoms with Gasteiger partial charge in [-0.25, -0.2) is 0 Å². The zero-order chi connectivity index (χ0) is 14.7. The van der Waals surface area contributed by atoms with Crippen molar-refractivity contribution in [3.63, 3.8) is 0 Å². The third kappa shape index (κ3) is 3.12. The van der Waals surface area contributed by atoms with E-state index in [1.807, 2.05) is 49.5 Å². The van der Waals surface area contributed by atoms with Gasteiger partial charge in [0.15, 0.2) is 0 Å². The standard InChI is InChI=1S/C17H18N2O2/c1-18-9-12-2-6-16(7-3-12)19-17(20)13-4-5-14-10-21-11-15(14)8-13/h2-8,18H,9-11H2,1H3,(H,19,20). The van der Waals surface area contributed by atoms with Crippen LogP contribution in [0.25, 0.3) is 0 Å². The molecule has 0 saturated heterocycles. The number of hydrogen-bond donors (Lipinski definition) is 2. The van der Waals surface area contributed by atoms with Crippen molar-refractivity contribution in [1.29, 1.82) is 0 Å². The Morgan fingerprint density at radius 3 is 2.62 bits per heavy atom. The van der Waals surface area contributed by atoms with Crippen LogP contribution < -0.4 is 10.6 Å². The highest BCUT2D eigenvalue weighted by Gasteiger charge is 2.14. The van der Waals surface area contributed by atoms with Gasteiger partial charge in [-0.05, 0) is 48.0 Å². The highest BCUT2D eigenvalue weighted by atomic mass is 16.5. The zero-order valence-electron chi connectivity index (χ0n) is 12.0. The first-order valence-electron chi connectivity index (χ1n) is 7.01. The molecule has 0 atom stereocenters. The predicted octanol–water partition coefficient (Wildman–Crippen LogP) is 2.69. The zero-order valence-corrected chi connectivity index (χ0v) is 12.0. The number of benzene rings is 2. The maximum atomic E-state index is 12.3. The van der Waals surface area contributed by atoms with Crippen LogP contribution in [0.2, 0.25) is 0 Å². The van der Waals surface area contributed by atoms with Gasteiger partial charge in [-0.2, -0.15) is 0 Å². The van der Waals surface area contributed by atoms with Gasteiger partial charge >= 0.3 is 0 Å². The molecule has 0 radical (unpaired) electrons. The third-order valence-electron chi connectivity index (χ3n) is 3.58. The molecular formula is C17H18N2O2. The molecule has 0 saturated carbocycles. The minimum Gasteiger partial charge on any atom is -0.372 e. The summed E-state index contributed by atoms with van der Waals surface area (Å²) >= 11 is 0. The normalized spacial score (nSPS) is 13.0. The average Bonchev–Trinajstić information content (AvgIpc) is 2.97. The number of carbonyl (C=O) groups is 1. The minimum absolute atomic E-state index is 0.0916. The first-order valence-corrected chi connectivity index (χ1v) is 7.01. The van der Waals surface area contributed by atoms with Gasteiger partial charge in [-0.1, -0.05) is 18.2 Å². The maximum Gasteiger partial charge on any atom is 0.255 e. The van der Waals surface area contributed by atoms with Crippen LogP contribution in [0, 0.1) is 0 Å². The van der Waals surface area contributed by atoms with Crippen LogP contribution in [0.4, 0.5) is 5.69 Å². The quantitative estimate of drug-likeness (QED) is 0.906. The van der Waals surface area contributed by atoms with Crippen molar-refractivity contribution in [2.24, 2.45) is 0 Å². The molecule has 0 aliphatic carbocycles. The summed E-state index contributed by atoms with van der Waals surface area (Å²) in [7, 11) is 1.91. The Kier molecular flexibility index (Phi) is 3.99. The van der Waals surface area contributed by atoms with Gasteiger partial charge in [-0.15, -0.1) is 0 Å². The van der Waals surface area contributed by atoms with Gasteiger partial charge in [0, 0.05) is 17.8 Å². The highest BCUT2D eigenvalue weighted by Crippen LogP contribution is 2.21. The van der Waals surface area contributed by atoms with Crippen LogP contribution in [0.3, 0.4) is 0 Å². The number of nitrogens with one attached hydrogen (secondary N) is 2. The van der Waals surface area contributed by atoms with Gasteiger partial charge in [0.25, 0.3) is 5.91 Å². The van der Waals surface area contributed by atoms with E-state index in [2.05, 4.69) is 10.6 Å². The average molecular weight is 282 g/mol. The molecule has 21 heavy (non-hydrogen) atoms. The van der Waals surface area contributed by atoms with E-state index in [4.69, 9.17) is 4.74 Å². The number of hydrogen-bond acceptors (Lipinski definition) is 3. The predicted molar refractivity (Wildman–Crippen MR) is 82.1 cm³/mol. The van der Waals surface area contributed by atoms with Crippen molar-refractivity contribution in [1.82, 2.24) is 5.32 Å². The monoisotopic (exact) mass is 282 g/mol. The number of amides is 1. The molecule has 0 fully saturated rings. The summed E-state index contributed by atoms with van der Waals surface area (Å²) in [6.45, 7) is 2.05. The summed E-state index contributed by atoms with van der Waals surface area (Å²) in [6.07, 6.45) is 0. The number of rotatable bonds is 4. The summed E-state index contributed by atoms with van der Waals surface area (Å²) in [6, 6.07) is 13.6. The lowest BCUT2D eigenvalue weighted by Crippen LogP contribution is -2.12. The van der Waals surface area contributed by atoms with Crippen LogP contribution in [-0.2, 0) is 24.5 Å². The summed E-state index contributed by atoms with van der Waals surface area (Å²) in [4.78, 5) is 12.3. The van der Waals surface area contributed by atoms with E-state index in [0.29, 0.717) is 18.8 Å². The molecule has 0 bridgehead atoms. The molecule has 108 valence electrons. The van der Waals surface area contributed by atoms with Gasteiger partial charge in [-0.3, -0.25) is 4.79 Å². The van der Waals surface area contributed by atoms with Crippen molar-refractivity contribution in [3.05, 3.63) is 64.7 Å². The summed E-state index contributed by atoms with van der Waals surface area (Å²) in [5.41, 5.74) is 4.93. The van der Waals surface area contributed by atoms with E-state index in [1.54, 1.807) is 0 Å². The van der Waals surface area contributed by atoms with E-state index in [1.165, 1.54) is 11.1 Å². The van der Waals surface area contributed by atoms with Gasteiger partial charge in [0.2, 0.25) is 0 Å². The molecule has 1 aliphatic rings. The molecular weight excluding hydrogens is 264 g/mol. The Hall–Kier alpha value is -2.17. The molecule has 2 N–H and O–H groups in total. The van der Waals surface area contributed by atoms with Crippen molar-refractivity contribution >= 4 is 11.6 Å². The van der Waals surface area contributed by atoms with E-state index in [-0.39, 0.29) is 5.91 Å². The van der Waals surface area contributed by atoms with Crippen molar-refractivity contribution in [2.45, 2.75) is 19.8 Å². The van der Waals surface area contributed by atoms with Crippen LogP contribution >= 0.6 is 0 Å². The molecule has 0 spiro atoms. The van der Waals surface area contributed by atoms with E-state index in [9.17, 15) is 4.79 Å². The van der Waals surface area contributed by atoms with Crippen LogP contribution in [-0.4, -0.2) is 13.0 Å². The number of ether oxygens (including phenoxy) is 1. The van der Waals surface area contributed by atoms with Gasteiger partial charge in [0.05, 0.1) is 13.2 Å².